The molecule has 0 aliphatic heterocycles. The van der Waals surface area contributed by atoms with E-state index in [0.717, 1.165) is 25.9 Å². The number of nitrogens with two attached hydrogens (primary N) is 1. The standard InChI is InChI=1S/C14H26N4O2S/c1-3-8-16-9-5-10-18-21(19,20)14-11-12(15)6-7-13(14)17-4-2/h6-7,11,16-18H,3-5,8-10,15H2,1-2H3. The van der Waals surface area contributed by atoms with E-state index in [1.54, 1.807) is 12.1 Å². The van der Waals surface area contributed by atoms with Gasteiger partial charge in [0.15, 0.2) is 0 Å². The molecule has 0 saturated heterocycles. The minimum atomic E-state index is -3.55. The topological polar surface area (TPSA) is 96.2 Å². The van der Waals surface area contributed by atoms with Gasteiger partial charge < -0.3 is 16.4 Å². The SMILES string of the molecule is CCCNCCCNS(=O)(=O)c1cc(N)ccc1NCC. The zero-order chi connectivity index (χ0) is 15.7. The van der Waals surface area contributed by atoms with Crippen molar-refractivity contribution in [2.45, 2.75) is 31.6 Å². The van der Waals surface area contributed by atoms with Crippen molar-refractivity contribution < 1.29 is 8.42 Å². The van der Waals surface area contributed by atoms with Crippen LogP contribution < -0.4 is 21.1 Å². The van der Waals surface area contributed by atoms with Gasteiger partial charge in [-0.25, -0.2) is 13.1 Å². The van der Waals surface area contributed by atoms with Gasteiger partial charge in [0.1, 0.15) is 4.90 Å². The van der Waals surface area contributed by atoms with E-state index >= 15 is 0 Å². The first-order valence-corrected chi connectivity index (χ1v) is 8.83. The minimum absolute atomic E-state index is 0.200. The van der Waals surface area contributed by atoms with Crippen LogP contribution in [0.3, 0.4) is 0 Å². The Labute approximate surface area is 127 Å². The van der Waals surface area contributed by atoms with Gasteiger partial charge in [0, 0.05) is 18.8 Å². The van der Waals surface area contributed by atoms with Crippen LogP contribution >= 0.6 is 0 Å². The lowest BCUT2D eigenvalue weighted by molar-refractivity contribution is 0.573. The summed E-state index contributed by atoms with van der Waals surface area (Å²) < 4.78 is 27.3. The van der Waals surface area contributed by atoms with Gasteiger partial charge in [-0.2, -0.15) is 0 Å². The van der Waals surface area contributed by atoms with Gasteiger partial charge in [-0.1, -0.05) is 6.92 Å². The minimum Gasteiger partial charge on any atom is -0.399 e. The highest BCUT2D eigenvalue weighted by atomic mass is 32.2. The van der Waals surface area contributed by atoms with Crippen LogP contribution in [0.15, 0.2) is 23.1 Å². The highest BCUT2D eigenvalue weighted by Crippen LogP contribution is 2.23. The molecule has 1 aromatic rings. The molecule has 1 rings (SSSR count). The maximum atomic E-state index is 12.3. The average molecular weight is 314 g/mol. The zero-order valence-corrected chi connectivity index (χ0v) is 13.6. The summed E-state index contributed by atoms with van der Waals surface area (Å²) in [5, 5.41) is 6.28. The third-order valence-electron chi connectivity index (χ3n) is 2.91. The summed E-state index contributed by atoms with van der Waals surface area (Å²) in [6.45, 7) is 6.81. The van der Waals surface area contributed by atoms with E-state index in [4.69, 9.17) is 5.73 Å². The van der Waals surface area contributed by atoms with Crippen LogP contribution in [-0.4, -0.2) is 34.6 Å². The number of anilines is 2. The van der Waals surface area contributed by atoms with Crippen LogP contribution in [0.1, 0.15) is 26.7 Å². The van der Waals surface area contributed by atoms with E-state index in [1.807, 2.05) is 6.92 Å². The van der Waals surface area contributed by atoms with Crippen LogP contribution in [0.2, 0.25) is 0 Å². The molecule has 0 aliphatic carbocycles. The zero-order valence-electron chi connectivity index (χ0n) is 12.8. The molecule has 21 heavy (non-hydrogen) atoms. The van der Waals surface area contributed by atoms with E-state index in [-0.39, 0.29) is 4.90 Å². The number of rotatable bonds is 10. The third kappa shape index (κ3) is 5.91. The number of nitrogens with one attached hydrogen (secondary N) is 3. The second-order valence-corrected chi connectivity index (χ2v) is 6.52. The fourth-order valence-corrected chi connectivity index (χ4v) is 3.19. The Morgan fingerprint density at radius 3 is 2.57 bits per heavy atom. The number of benzene rings is 1. The third-order valence-corrected chi connectivity index (χ3v) is 4.41. The average Bonchev–Trinajstić information content (AvgIpc) is 2.45. The summed E-state index contributed by atoms with van der Waals surface area (Å²) in [5.74, 6) is 0. The molecule has 0 amide bonds. The van der Waals surface area contributed by atoms with Crippen molar-refractivity contribution in [3.05, 3.63) is 18.2 Å². The van der Waals surface area contributed by atoms with E-state index in [2.05, 4.69) is 22.3 Å². The molecule has 0 heterocycles. The molecule has 0 radical (unpaired) electrons. The lowest BCUT2D eigenvalue weighted by Gasteiger charge is -2.13. The Kier molecular flexibility index (Phi) is 7.49. The molecule has 0 bridgehead atoms. The van der Waals surface area contributed by atoms with Crippen molar-refractivity contribution in [3.8, 4) is 0 Å². The van der Waals surface area contributed by atoms with Crippen molar-refractivity contribution in [2.24, 2.45) is 0 Å². The van der Waals surface area contributed by atoms with E-state index in [1.165, 1.54) is 6.07 Å². The Morgan fingerprint density at radius 1 is 1.14 bits per heavy atom. The normalized spacial score (nSPS) is 11.5. The molecule has 6 nitrogen and oxygen atoms in total. The molecular weight excluding hydrogens is 288 g/mol. The number of hydrogen-bond acceptors (Lipinski definition) is 5. The first-order valence-electron chi connectivity index (χ1n) is 7.35. The second-order valence-electron chi connectivity index (χ2n) is 4.79. The van der Waals surface area contributed by atoms with Crippen molar-refractivity contribution in [1.29, 1.82) is 0 Å². The van der Waals surface area contributed by atoms with Gasteiger partial charge in [0.05, 0.1) is 5.69 Å². The maximum Gasteiger partial charge on any atom is 0.242 e. The fourth-order valence-electron chi connectivity index (χ4n) is 1.90. The second kappa shape index (κ2) is 8.86. The molecule has 0 aliphatic rings. The lowest BCUT2D eigenvalue weighted by atomic mass is 10.3. The van der Waals surface area contributed by atoms with Crippen LogP contribution in [0, 0.1) is 0 Å². The molecule has 120 valence electrons. The summed E-state index contributed by atoms with van der Waals surface area (Å²) in [6.07, 6.45) is 1.82. The van der Waals surface area contributed by atoms with E-state index in [0.29, 0.717) is 24.5 Å². The molecule has 7 heteroatoms. The molecule has 1 aromatic carbocycles. The van der Waals surface area contributed by atoms with Crippen molar-refractivity contribution in [3.63, 3.8) is 0 Å². The predicted octanol–water partition coefficient (Wildman–Crippen LogP) is 1.37. The summed E-state index contributed by atoms with van der Waals surface area (Å²) in [4.78, 5) is 0.200. The Hall–Kier alpha value is -1.31. The Bertz CT molecular complexity index is 532. The van der Waals surface area contributed by atoms with E-state index < -0.39 is 10.0 Å². The monoisotopic (exact) mass is 314 g/mol. The smallest absolute Gasteiger partial charge is 0.242 e. The fraction of sp³-hybridized carbons (Fsp3) is 0.571. The van der Waals surface area contributed by atoms with Gasteiger partial charge in [-0.05, 0) is 51.1 Å². The first kappa shape index (κ1) is 17.7. The number of hydrogen-bond donors (Lipinski definition) is 4. The largest absolute Gasteiger partial charge is 0.399 e. The molecular formula is C14H26N4O2S. The van der Waals surface area contributed by atoms with Gasteiger partial charge in [-0.15, -0.1) is 0 Å². The molecule has 0 atom stereocenters. The Morgan fingerprint density at radius 2 is 1.90 bits per heavy atom. The van der Waals surface area contributed by atoms with Crippen molar-refractivity contribution in [1.82, 2.24) is 10.0 Å². The predicted molar refractivity (Wildman–Crippen MR) is 88.0 cm³/mol. The molecule has 0 fully saturated rings. The highest BCUT2D eigenvalue weighted by molar-refractivity contribution is 7.89. The first-order chi connectivity index (χ1) is 10.0. The number of sulfonamides is 1. The van der Waals surface area contributed by atoms with Crippen molar-refractivity contribution in [2.75, 3.05) is 37.2 Å². The highest BCUT2D eigenvalue weighted by Gasteiger charge is 2.18. The maximum absolute atomic E-state index is 12.3. The number of nitrogen functional groups attached to an aromatic ring is 1. The van der Waals surface area contributed by atoms with E-state index in [9.17, 15) is 8.42 Å². The van der Waals surface area contributed by atoms with Gasteiger partial charge in [0.2, 0.25) is 10.0 Å². The molecule has 0 spiro atoms. The molecule has 0 unspecified atom stereocenters. The Balaban J connectivity index is 2.67. The van der Waals surface area contributed by atoms with Gasteiger partial charge in [0.25, 0.3) is 0 Å². The summed E-state index contributed by atoms with van der Waals surface area (Å²) in [6, 6.07) is 4.86. The quantitative estimate of drug-likeness (QED) is 0.386. The van der Waals surface area contributed by atoms with Crippen LogP contribution in [-0.2, 0) is 10.0 Å². The summed E-state index contributed by atoms with van der Waals surface area (Å²) in [7, 11) is -3.55. The molecule has 0 aromatic heterocycles. The van der Waals surface area contributed by atoms with Crippen LogP contribution in [0.4, 0.5) is 11.4 Å². The summed E-state index contributed by atoms with van der Waals surface area (Å²) in [5.41, 5.74) is 6.70. The molecule has 0 saturated carbocycles. The van der Waals surface area contributed by atoms with Crippen LogP contribution in [0.5, 0.6) is 0 Å². The van der Waals surface area contributed by atoms with Crippen LogP contribution in [0.25, 0.3) is 0 Å². The van der Waals surface area contributed by atoms with Gasteiger partial charge in [-0.3, -0.25) is 0 Å². The molecule has 5 N–H and O–H groups in total. The lowest BCUT2D eigenvalue weighted by Crippen LogP contribution is -2.28. The summed E-state index contributed by atoms with van der Waals surface area (Å²) >= 11 is 0. The van der Waals surface area contributed by atoms with Gasteiger partial charge >= 0.3 is 0 Å². The van der Waals surface area contributed by atoms with Crippen molar-refractivity contribution >= 4 is 21.4 Å².